The van der Waals surface area contributed by atoms with Crippen LogP contribution in [0.2, 0.25) is 5.02 Å². The lowest BCUT2D eigenvalue weighted by atomic mass is 10.4. The monoisotopic (exact) mass is 204 g/mol. The van der Waals surface area contributed by atoms with Crippen molar-refractivity contribution in [3.63, 3.8) is 0 Å². The molecule has 0 aliphatic rings. The first-order valence-electron chi connectivity index (χ1n) is 3.29. The van der Waals surface area contributed by atoms with E-state index in [1.165, 1.54) is 4.90 Å². The Labute approximate surface area is 77.8 Å². The third-order valence-electron chi connectivity index (χ3n) is 1.10. The zero-order valence-electron chi connectivity index (χ0n) is 6.54. The maximum Gasteiger partial charge on any atom is 0.0406 e. The van der Waals surface area contributed by atoms with E-state index in [1.54, 1.807) is 0 Å². The van der Waals surface area contributed by atoms with Gasteiger partial charge in [0.2, 0.25) is 0 Å². The summed E-state index contributed by atoms with van der Waals surface area (Å²) in [7, 11) is 0.0872. The lowest BCUT2D eigenvalue weighted by molar-refractivity contribution is 1.48. The van der Waals surface area contributed by atoms with Crippen molar-refractivity contribution in [2.24, 2.45) is 0 Å². The van der Waals surface area contributed by atoms with Crippen LogP contribution in [-0.4, -0.2) is 13.3 Å². The molecular formula is C8H10ClPS. The fraction of sp³-hybridized carbons (Fsp3) is 0.250. The fourth-order valence-electron chi connectivity index (χ4n) is 0.706. The molecule has 0 saturated carbocycles. The molecule has 0 unspecified atom stereocenters. The Morgan fingerprint density at radius 3 is 2.18 bits per heavy atom. The van der Waals surface area contributed by atoms with E-state index in [9.17, 15) is 0 Å². The Bertz CT molecular complexity index is 220. The van der Waals surface area contributed by atoms with Crippen LogP contribution in [0.1, 0.15) is 0 Å². The smallest absolute Gasteiger partial charge is 0.0406 e. The summed E-state index contributed by atoms with van der Waals surface area (Å²) in [5.74, 6) is 0. The van der Waals surface area contributed by atoms with Gasteiger partial charge < -0.3 is 0 Å². The SMILES string of the molecule is CP(C)Sc1ccc(Cl)cc1. The van der Waals surface area contributed by atoms with Gasteiger partial charge in [-0.1, -0.05) is 23.0 Å². The van der Waals surface area contributed by atoms with Gasteiger partial charge in [-0.15, -0.1) is 0 Å². The van der Waals surface area contributed by atoms with Gasteiger partial charge in [-0.05, 0) is 44.7 Å². The molecule has 0 nitrogen and oxygen atoms in total. The Balaban J connectivity index is 2.66. The van der Waals surface area contributed by atoms with Crippen LogP contribution in [0.5, 0.6) is 0 Å². The van der Waals surface area contributed by atoms with Crippen LogP contribution in [0.4, 0.5) is 0 Å². The molecule has 0 aliphatic heterocycles. The molecule has 0 spiro atoms. The normalized spacial score (nSPS) is 10.5. The molecule has 0 fully saturated rings. The molecule has 0 bridgehead atoms. The average molecular weight is 205 g/mol. The predicted molar refractivity (Wildman–Crippen MR) is 56.1 cm³/mol. The molecule has 0 saturated heterocycles. The highest BCUT2D eigenvalue weighted by Gasteiger charge is 1.96. The van der Waals surface area contributed by atoms with Crippen molar-refractivity contribution < 1.29 is 0 Å². The number of hydrogen-bond donors (Lipinski definition) is 0. The molecule has 60 valence electrons. The molecule has 0 amide bonds. The minimum atomic E-state index is 0.0872. The van der Waals surface area contributed by atoms with Gasteiger partial charge in [-0.25, -0.2) is 0 Å². The minimum Gasteiger partial charge on any atom is -0.0992 e. The van der Waals surface area contributed by atoms with Crippen LogP contribution in [0.3, 0.4) is 0 Å². The third-order valence-corrected chi connectivity index (χ3v) is 3.93. The Morgan fingerprint density at radius 2 is 1.73 bits per heavy atom. The zero-order valence-corrected chi connectivity index (χ0v) is 9.01. The summed E-state index contributed by atoms with van der Waals surface area (Å²) in [4.78, 5) is 1.31. The van der Waals surface area contributed by atoms with Gasteiger partial charge in [-0.2, -0.15) is 0 Å². The standard InChI is InChI=1S/C8H10ClPS/c1-10(2)11-8-5-3-7(9)4-6-8/h3-6H,1-2H3. The molecule has 1 aromatic carbocycles. The predicted octanol–water partition coefficient (Wildman–Crippen LogP) is 4.09. The summed E-state index contributed by atoms with van der Waals surface area (Å²) in [6.07, 6.45) is 0. The van der Waals surface area contributed by atoms with Crippen LogP contribution < -0.4 is 0 Å². The van der Waals surface area contributed by atoms with Gasteiger partial charge >= 0.3 is 0 Å². The molecule has 1 rings (SSSR count). The Hall–Kier alpha value is 0.290. The summed E-state index contributed by atoms with van der Waals surface area (Å²) >= 11 is 7.66. The molecule has 0 radical (unpaired) electrons. The lowest BCUT2D eigenvalue weighted by Gasteiger charge is -2.03. The largest absolute Gasteiger partial charge is 0.0992 e. The summed E-state index contributed by atoms with van der Waals surface area (Å²) in [6.45, 7) is 4.49. The van der Waals surface area contributed by atoms with Gasteiger partial charge in [0, 0.05) is 9.92 Å². The van der Waals surface area contributed by atoms with Crippen molar-refractivity contribution in [3.05, 3.63) is 29.3 Å². The highest BCUT2D eigenvalue weighted by molar-refractivity contribution is 8.55. The highest BCUT2D eigenvalue weighted by Crippen LogP contribution is 2.47. The Morgan fingerprint density at radius 1 is 1.18 bits per heavy atom. The van der Waals surface area contributed by atoms with E-state index in [0.717, 1.165) is 5.02 Å². The van der Waals surface area contributed by atoms with Crippen molar-refractivity contribution in [1.29, 1.82) is 0 Å². The van der Waals surface area contributed by atoms with E-state index < -0.39 is 0 Å². The zero-order chi connectivity index (χ0) is 8.27. The van der Waals surface area contributed by atoms with E-state index in [0.29, 0.717) is 0 Å². The van der Waals surface area contributed by atoms with Crippen molar-refractivity contribution >= 4 is 30.1 Å². The van der Waals surface area contributed by atoms with Crippen LogP contribution in [0.25, 0.3) is 0 Å². The molecule has 1 aromatic rings. The molecule has 0 heterocycles. The quantitative estimate of drug-likeness (QED) is 0.654. The Kier molecular flexibility index (Phi) is 3.71. The second-order valence-corrected chi connectivity index (χ2v) is 7.81. The molecule has 0 aromatic heterocycles. The first kappa shape index (κ1) is 9.38. The summed E-state index contributed by atoms with van der Waals surface area (Å²) < 4.78 is 0. The van der Waals surface area contributed by atoms with Gasteiger partial charge in [0.25, 0.3) is 0 Å². The molecule has 3 heteroatoms. The molecule has 0 atom stereocenters. The van der Waals surface area contributed by atoms with Gasteiger partial charge in [0.05, 0.1) is 0 Å². The van der Waals surface area contributed by atoms with Crippen molar-refractivity contribution in [2.75, 3.05) is 13.3 Å². The number of rotatable bonds is 2. The maximum atomic E-state index is 5.74. The van der Waals surface area contributed by atoms with Crippen LogP contribution in [0.15, 0.2) is 29.2 Å². The van der Waals surface area contributed by atoms with E-state index in [4.69, 9.17) is 11.6 Å². The van der Waals surface area contributed by atoms with Crippen molar-refractivity contribution in [3.8, 4) is 0 Å². The first-order chi connectivity index (χ1) is 5.18. The van der Waals surface area contributed by atoms with E-state index in [-0.39, 0.29) is 7.12 Å². The molecular weight excluding hydrogens is 195 g/mol. The van der Waals surface area contributed by atoms with Crippen LogP contribution in [-0.2, 0) is 0 Å². The van der Waals surface area contributed by atoms with Crippen molar-refractivity contribution in [2.45, 2.75) is 4.90 Å². The second-order valence-electron chi connectivity index (χ2n) is 2.36. The summed E-state index contributed by atoms with van der Waals surface area (Å²) in [5, 5.41) is 0.811. The molecule has 0 aliphatic carbocycles. The van der Waals surface area contributed by atoms with E-state index >= 15 is 0 Å². The minimum absolute atomic E-state index is 0.0872. The first-order valence-corrected chi connectivity index (χ1v) is 7.33. The average Bonchev–Trinajstić information content (AvgIpc) is 1.93. The third kappa shape index (κ3) is 3.46. The van der Waals surface area contributed by atoms with Gasteiger partial charge in [0.1, 0.15) is 0 Å². The second kappa shape index (κ2) is 4.35. The van der Waals surface area contributed by atoms with E-state index in [1.807, 2.05) is 23.5 Å². The van der Waals surface area contributed by atoms with Crippen molar-refractivity contribution in [1.82, 2.24) is 0 Å². The van der Waals surface area contributed by atoms with Crippen LogP contribution in [0, 0.1) is 0 Å². The summed E-state index contributed by atoms with van der Waals surface area (Å²) in [5.41, 5.74) is 0. The van der Waals surface area contributed by atoms with Gasteiger partial charge in [0.15, 0.2) is 0 Å². The maximum absolute atomic E-state index is 5.74. The van der Waals surface area contributed by atoms with Gasteiger partial charge in [-0.3, -0.25) is 0 Å². The lowest BCUT2D eigenvalue weighted by Crippen LogP contribution is -1.67. The van der Waals surface area contributed by atoms with E-state index in [2.05, 4.69) is 25.5 Å². The summed E-state index contributed by atoms with van der Waals surface area (Å²) in [6, 6.07) is 8.00. The number of halogens is 1. The van der Waals surface area contributed by atoms with Crippen LogP contribution >= 0.6 is 30.1 Å². The fourth-order valence-corrected chi connectivity index (χ4v) is 3.14. The number of benzene rings is 1. The topological polar surface area (TPSA) is 0 Å². The number of hydrogen-bond acceptors (Lipinski definition) is 1. The molecule has 11 heavy (non-hydrogen) atoms. The molecule has 0 N–H and O–H groups in total. The highest BCUT2D eigenvalue weighted by atomic mass is 35.5.